The summed E-state index contributed by atoms with van der Waals surface area (Å²) in [5.41, 5.74) is 1.11. The highest BCUT2D eigenvalue weighted by molar-refractivity contribution is 6.28. The van der Waals surface area contributed by atoms with Crippen molar-refractivity contribution >= 4 is 17.4 Å². The van der Waals surface area contributed by atoms with Crippen LogP contribution in [0, 0.1) is 0 Å². The van der Waals surface area contributed by atoms with Crippen LogP contribution in [0.15, 0.2) is 24.4 Å². The van der Waals surface area contributed by atoms with Crippen molar-refractivity contribution in [1.82, 2.24) is 14.9 Å². The Bertz CT molecular complexity index is 803. The molecule has 0 atom stereocenters. The van der Waals surface area contributed by atoms with Crippen molar-refractivity contribution in [3.8, 4) is 17.2 Å². The topological polar surface area (TPSA) is 68.7 Å². The molecular weight excluding hydrogens is 399 g/mol. The molecule has 29 heavy (non-hydrogen) atoms. The fourth-order valence-corrected chi connectivity index (χ4v) is 3.50. The fraction of sp³-hybridized carbons (Fsp3) is 0.500. The van der Waals surface area contributed by atoms with Crippen LogP contribution in [-0.2, 0) is 6.54 Å². The fourth-order valence-electron chi connectivity index (χ4n) is 3.37. The molecule has 1 aliphatic heterocycles. The third-order valence-corrected chi connectivity index (χ3v) is 5.03. The third kappa shape index (κ3) is 5.83. The molecule has 7 nitrogen and oxygen atoms in total. The standard InChI is InChI=1S/C20H26ClFN4O3/c1-27-16-4-3-14(11-17(16)29-10-7-22)13-26-8-5-15(6-9-26)24-19-18(28-2)12-23-20(21)25-19/h3-4,11-12,15H,5-10,13H2,1-2H3,(H,23,24,25). The number of nitrogens with one attached hydrogen (secondary N) is 1. The minimum Gasteiger partial charge on any atom is -0.493 e. The van der Waals surface area contributed by atoms with E-state index >= 15 is 0 Å². The lowest BCUT2D eigenvalue weighted by atomic mass is 10.0. The number of benzene rings is 1. The van der Waals surface area contributed by atoms with Gasteiger partial charge in [-0.1, -0.05) is 6.07 Å². The summed E-state index contributed by atoms with van der Waals surface area (Å²) in [5.74, 6) is 2.39. The molecule has 0 aliphatic carbocycles. The number of alkyl halides is 1. The van der Waals surface area contributed by atoms with E-state index in [0.29, 0.717) is 23.1 Å². The highest BCUT2D eigenvalue weighted by Gasteiger charge is 2.21. The Morgan fingerprint density at radius 3 is 2.62 bits per heavy atom. The quantitative estimate of drug-likeness (QED) is 0.617. The van der Waals surface area contributed by atoms with Crippen LogP contribution in [0.5, 0.6) is 17.2 Å². The number of piperidine rings is 1. The summed E-state index contributed by atoms with van der Waals surface area (Å²) in [6.45, 7) is 2.16. The number of methoxy groups -OCH3 is 2. The number of hydrogen-bond acceptors (Lipinski definition) is 7. The molecule has 2 heterocycles. The number of nitrogens with zero attached hydrogens (tertiary/aromatic N) is 3. The van der Waals surface area contributed by atoms with Crippen molar-refractivity contribution < 1.29 is 18.6 Å². The molecule has 0 amide bonds. The van der Waals surface area contributed by atoms with Gasteiger partial charge in [-0.3, -0.25) is 4.90 Å². The second-order valence-corrected chi connectivity index (χ2v) is 7.11. The van der Waals surface area contributed by atoms with E-state index in [2.05, 4.69) is 20.2 Å². The van der Waals surface area contributed by atoms with Crippen LogP contribution in [-0.4, -0.2) is 61.5 Å². The number of anilines is 1. The van der Waals surface area contributed by atoms with Crippen LogP contribution < -0.4 is 19.5 Å². The first-order valence-electron chi connectivity index (χ1n) is 9.54. The molecule has 0 radical (unpaired) electrons. The van der Waals surface area contributed by atoms with Gasteiger partial charge in [-0.05, 0) is 42.1 Å². The van der Waals surface area contributed by atoms with Crippen molar-refractivity contribution in [1.29, 1.82) is 0 Å². The Morgan fingerprint density at radius 1 is 1.17 bits per heavy atom. The SMILES string of the molecule is COc1ccc(CN2CCC(Nc3nc(Cl)ncc3OC)CC2)cc1OCCF. The zero-order valence-corrected chi connectivity index (χ0v) is 17.4. The van der Waals surface area contributed by atoms with Gasteiger partial charge < -0.3 is 19.5 Å². The van der Waals surface area contributed by atoms with E-state index in [1.54, 1.807) is 20.4 Å². The van der Waals surface area contributed by atoms with Crippen LogP contribution in [0.4, 0.5) is 10.2 Å². The second kappa shape index (κ2) is 10.5. The number of halogens is 2. The van der Waals surface area contributed by atoms with Crippen LogP contribution in [0.25, 0.3) is 0 Å². The molecule has 1 saturated heterocycles. The molecule has 1 N–H and O–H groups in total. The van der Waals surface area contributed by atoms with Gasteiger partial charge in [0.2, 0.25) is 5.28 Å². The monoisotopic (exact) mass is 424 g/mol. The predicted molar refractivity (Wildman–Crippen MR) is 110 cm³/mol. The molecule has 9 heteroatoms. The predicted octanol–water partition coefficient (Wildman–Crippen LogP) is 3.57. The molecular formula is C20H26ClFN4O3. The largest absolute Gasteiger partial charge is 0.493 e. The normalized spacial score (nSPS) is 15.2. The summed E-state index contributed by atoms with van der Waals surface area (Å²) < 4.78 is 28.5. The van der Waals surface area contributed by atoms with Crippen LogP contribution in [0.2, 0.25) is 5.28 Å². The molecule has 0 spiro atoms. The van der Waals surface area contributed by atoms with Crippen LogP contribution >= 0.6 is 11.6 Å². The Hall–Kier alpha value is -2.32. The molecule has 1 aromatic heterocycles. The van der Waals surface area contributed by atoms with Crippen molar-refractivity contribution in [2.75, 3.05) is 45.9 Å². The Balaban J connectivity index is 1.55. The van der Waals surface area contributed by atoms with E-state index < -0.39 is 6.67 Å². The summed E-state index contributed by atoms with van der Waals surface area (Å²) in [6.07, 6.45) is 3.50. The van der Waals surface area contributed by atoms with Gasteiger partial charge in [0.25, 0.3) is 0 Å². The first kappa shape index (κ1) is 21.4. The lowest BCUT2D eigenvalue weighted by molar-refractivity contribution is 0.210. The summed E-state index contributed by atoms with van der Waals surface area (Å²) in [4.78, 5) is 10.5. The number of ether oxygens (including phenoxy) is 3. The van der Waals surface area contributed by atoms with E-state index in [0.717, 1.165) is 38.0 Å². The summed E-state index contributed by atoms with van der Waals surface area (Å²) in [7, 11) is 3.16. The first-order chi connectivity index (χ1) is 14.1. The second-order valence-electron chi connectivity index (χ2n) is 6.77. The molecule has 0 saturated carbocycles. The van der Waals surface area contributed by atoms with Crippen molar-refractivity contribution in [3.05, 3.63) is 35.2 Å². The molecule has 1 aromatic carbocycles. The molecule has 1 fully saturated rings. The average Bonchev–Trinajstić information content (AvgIpc) is 2.74. The van der Waals surface area contributed by atoms with Crippen LogP contribution in [0.1, 0.15) is 18.4 Å². The maximum absolute atomic E-state index is 12.4. The lowest BCUT2D eigenvalue weighted by Gasteiger charge is -2.32. The molecule has 1 aliphatic rings. The summed E-state index contributed by atoms with van der Waals surface area (Å²) >= 11 is 5.91. The van der Waals surface area contributed by atoms with Gasteiger partial charge in [-0.15, -0.1) is 0 Å². The van der Waals surface area contributed by atoms with Crippen molar-refractivity contribution in [2.45, 2.75) is 25.4 Å². The van der Waals surface area contributed by atoms with Crippen LogP contribution in [0.3, 0.4) is 0 Å². The number of rotatable bonds is 9. The van der Waals surface area contributed by atoms with Gasteiger partial charge in [0.15, 0.2) is 23.1 Å². The molecule has 3 rings (SSSR count). The van der Waals surface area contributed by atoms with E-state index in [1.807, 2.05) is 18.2 Å². The minimum absolute atomic E-state index is 0.0212. The molecule has 2 aromatic rings. The average molecular weight is 425 g/mol. The van der Waals surface area contributed by atoms with Gasteiger partial charge in [0.05, 0.1) is 20.4 Å². The number of likely N-dealkylation sites (tertiary alicyclic amines) is 1. The maximum atomic E-state index is 12.4. The van der Waals surface area contributed by atoms with Gasteiger partial charge in [-0.25, -0.2) is 9.37 Å². The highest BCUT2D eigenvalue weighted by Crippen LogP contribution is 2.29. The lowest BCUT2D eigenvalue weighted by Crippen LogP contribution is -2.38. The number of aromatic nitrogens is 2. The number of hydrogen-bond donors (Lipinski definition) is 1. The summed E-state index contributed by atoms with van der Waals surface area (Å²) in [6, 6.07) is 6.08. The molecule has 0 unspecified atom stereocenters. The van der Waals surface area contributed by atoms with Gasteiger partial charge in [-0.2, -0.15) is 4.98 Å². The minimum atomic E-state index is -0.532. The third-order valence-electron chi connectivity index (χ3n) is 4.84. The Labute approximate surface area is 175 Å². The van der Waals surface area contributed by atoms with E-state index in [1.165, 1.54) is 0 Å². The van der Waals surface area contributed by atoms with Gasteiger partial charge in [0.1, 0.15) is 13.3 Å². The zero-order valence-electron chi connectivity index (χ0n) is 16.7. The summed E-state index contributed by atoms with van der Waals surface area (Å²) in [5, 5.41) is 3.60. The first-order valence-corrected chi connectivity index (χ1v) is 9.91. The van der Waals surface area contributed by atoms with E-state index in [-0.39, 0.29) is 17.9 Å². The Morgan fingerprint density at radius 2 is 1.93 bits per heavy atom. The van der Waals surface area contributed by atoms with Gasteiger partial charge in [0, 0.05) is 25.7 Å². The van der Waals surface area contributed by atoms with Crippen molar-refractivity contribution in [2.24, 2.45) is 0 Å². The van der Waals surface area contributed by atoms with E-state index in [4.69, 9.17) is 25.8 Å². The molecule has 0 bridgehead atoms. The molecule has 158 valence electrons. The maximum Gasteiger partial charge on any atom is 0.224 e. The zero-order chi connectivity index (χ0) is 20.6. The highest BCUT2D eigenvalue weighted by atomic mass is 35.5. The van der Waals surface area contributed by atoms with Gasteiger partial charge >= 0.3 is 0 Å². The Kier molecular flexibility index (Phi) is 7.71. The van der Waals surface area contributed by atoms with Crippen molar-refractivity contribution in [3.63, 3.8) is 0 Å². The smallest absolute Gasteiger partial charge is 0.224 e. The van der Waals surface area contributed by atoms with E-state index in [9.17, 15) is 4.39 Å².